The highest BCUT2D eigenvalue weighted by atomic mass is 16.1. The number of hydrogen-bond acceptors (Lipinski definition) is 2. The molecule has 0 radical (unpaired) electrons. The van der Waals surface area contributed by atoms with Crippen molar-refractivity contribution in [2.45, 2.75) is 0 Å². The maximum Gasteiger partial charge on any atom is 0.277 e. The van der Waals surface area contributed by atoms with E-state index in [-0.39, 0.29) is 11.8 Å². The molecular weight excluding hydrogens is 252 g/mol. The summed E-state index contributed by atoms with van der Waals surface area (Å²) in [4.78, 5) is 29.0. The van der Waals surface area contributed by atoms with Gasteiger partial charge in [-0.3, -0.25) is 9.59 Å². The van der Waals surface area contributed by atoms with E-state index in [1.807, 2.05) is 36.4 Å². The third-order valence-electron chi connectivity index (χ3n) is 3.02. The Morgan fingerprint density at radius 2 is 1.00 bits per heavy atom. The van der Waals surface area contributed by atoms with Crippen LogP contribution in [0.2, 0.25) is 0 Å². The summed E-state index contributed by atoms with van der Waals surface area (Å²) in [6.45, 7) is 0. The van der Waals surface area contributed by atoms with Gasteiger partial charge >= 0.3 is 0 Å². The normalized spacial score (nSPS) is 13.8. The van der Waals surface area contributed by atoms with Gasteiger partial charge in [0, 0.05) is 23.6 Å². The Morgan fingerprint density at radius 3 is 1.40 bits per heavy atom. The van der Waals surface area contributed by atoms with Crippen LogP contribution in [0.5, 0.6) is 0 Å². The van der Waals surface area contributed by atoms with Crippen LogP contribution < -0.4 is 0 Å². The van der Waals surface area contributed by atoms with Gasteiger partial charge in [-0.1, -0.05) is 36.4 Å². The molecule has 2 amide bonds. The minimum Gasteiger partial charge on any atom is -0.267 e. The highest BCUT2D eigenvalue weighted by molar-refractivity contribution is 6.13. The van der Waals surface area contributed by atoms with Crippen molar-refractivity contribution in [2.24, 2.45) is 9.98 Å². The standard InChI is InChI=1S/2C8H5NO/c2*10-8-7-4-2-1-3-6(7)5-9-8/h2*1-5H. The number of carbonyl (C=O) groups is 2. The molecule has 0 spiro atoms. The van der Waals surface area contributed by atoms with Gasteiger partial charge in [0.1, 0.15) is 0 Å². The Bertz CT molecular complexity index is 695. The Labute approximate surface area is 115 Å². The second-order valence-corrected chi connectivity index (χ2v) is 4.30. The SMILES string of the molecule is O=C1N=Cc2ccccc21.O=C1N=Cc2ccccc21. The number of carbonyl (C=O) groups excluding carboxylic acids is 2. The Morgan fingerprint density at radius 1 is 0.600 bits per heavy atom. The highest BCUT2D eigenvalue weighted by Gasteiger charge is 2.13. The van der Waals surface area contributed by atoms with Gasteiger partial charge in [-0.25, -0.2) is 9.98 Å². The molecule has 0 aromatic heterocycles. The van der Waals surface area contributed by atoms with Crippen molar-refractivity contribution in [3.63, 3.8) is 0 Å². The summed E-state index contributed by atoms with van der Waals surface area (Å²) in [5.41, 5.74) is 3.27. The van der Waals surface area contributed by atoms with E-state index >= 15 is 0 Å². The van der Waals surface area contributed by atoms with E-state index in [1.165, 1.54) is 0 Å². The smallest absolute Gasteiger partial charge is 0.267 e. The number of rotatable bonds is 0. The largest absolute Gasteiger partial charge is 0.277 e. The first-order valence-corrected chi connectivity index (χ1v) is 6.10. The molecule has 0 atom stereocenters. The first kappa shape index (κ1) is 12.2. The van der Waals surface area contributed by atoms with Crippen molar-refractivity contribution in [3.05, 3.63) is 70.8 Å². The lowest BCUT2D eigenvalue weighted by molar-refractivity contribution is 0.0998. The Kier molecular flexibility index (Phi) is 3.05. The van der Waals surface area contributed by atoms with Crippen molar-refractivity contribution in [1.82, 2.24) is 0 Å². The van der Waals surface area contributed by atoms with Crippen molar-refractivity contribution in [1.29, 1.82) is 0 Å². The van der Waals surface area contributed by atoms with Gasteiger partial charge in [-0.15, -0.1) is 0 Å². The summed E-state index contributed by atoms with van der Waals surface area (Å²) < 4.78 is 0. The molecule has 0 saturated carbocycles. The van der Waals surface area contributed by atoms with Gasteiger partial charge in [-0.2, -0.15) is 0 Å². The summed E-state index contributed by atoms with van der Waals surface area (Å²) in [5.74, 6) is -0.258. The van der Waals surface area contributed by atoms with Gasteiger partial charge < -0.3 is 0 Å². The fourth-order valence-corrected chi connectivity index (χ4v) is 2.00. The molecule has 96 valence electrons. The average Bonchev–Trinajstić information content (AvgIpc) is 3.05. The lowest BCUT2D eigenvalue weighted by Gasteiger charge is -1.89. The minimum atomic E-state index is -0.129. The molecule has 0 bridgehead atoms. The van der Waals surface area contributed by atoms with E-state index in [0.717, 1.165) is 11.1 Å². The molecule has 2 aliphatic heterocycles. The zero-order chi connectivity index (χ0) is 13.9. The molecule has 20 heavy (non-hydrogen) atoms. The van der Waals surface area contributed by atoms with Gasteiger partial charge in [0.2, 0.25) is 0 Å². The maximum absolute atomic E-state index is 10.9. The summed E-state index contributed by atoms with van der Waals surface area (Å²) in [7, 11) is 0. The zero-order valence-electron chi connectivity index (χ0n) is 10.5. The van der Waals surface area contributed by atoms with Gasteiger partial charge in [0.25, 0.3) is 11.8 Å². The van der Waals surface area contributed by atoms with E-state index in [1.54, 1.807) is 24.6 Å². The van der Waals surface area contributed by atoms with Crippen molar-refractivity contribution in [2.75, 3.05) is 0 Å². The summed E-state index contributed by atoms with van der Waals surface area (Å²) in [6.07, 6.45) is 3.19. The number of aliphatic imine (C=N–C) groups is 2. The van der Waals surface area contributed by atoms with E-state index in [0.29, 0.717) is 11.1 Å². The second-order valence-electron chi connectivity index (χ2n) is 4.30. The number of amides is 2. The number of nitrogens with zero attached hydrogens (tertiary/aromatic N) is 2. The third kappa shape index (κ3) is 2.19. The van der Waals surface area contributed by atoms with Crippen LogP contribution in [0.3, 0.4) is 0 Å². The highest BCUT2D eigenvalue weighted by Crippen LogP contribution is 2.13. The Hall–Kier alpha value is -2.88. The van der Waals surface area contributed by atoms with Crippen LogP contribution in [0.4, 0.5) is 0 Å². The molecule has 4 rings (SSSR count). The molecule has 0 aliphatic carbocycles. The summed E-state index contributed by atoms with van der Waals surface area (Å²) in [5, 5.41) is 0. The average molecular weight is 262 g/mol. The fourth-order valence-electron chi connectivity index (χ4n) is 2.00. The number of benzene rings is 2. The monoisotopic (exact) mass is 262 g/mol. The first-order chi connectivity index (χ1) is 9.75. The molecular formula is C16H10N2O2. The molecule has 2 aliphatic rings. The predicted octanol–water partition coefficient (Wildman–Crippen LogP) is 2.52. The maximum atomic E-state index is 10.9. The van der Waals surface area contributed by atoms with Crippen LogP contribution in [-0.2, 0) is 0 Å². The van der Waals surface area contributed by atoms with E-state index < -0.39 is 0 Å². The fraction of sp³-hybridized carbons (Fsp3) is 0. The molecule has 4 nitrogen and oxygen atoms in total. The molecule has 0 saturated heterocycles. The lowest BCUT2D eigenvalue weighted by atomic mass is 10.1. The third-order valence-corrected chi connectivity index (χ3v) is 3.02. The molecule has 0 N–H and O–H groups in total. The van der Waals surface area contributed by atoms with Crippen LogP contribution in [0.25, 0.3) is 0 Å². The van der Waals surface area contributed by atoms with Crippen LogP contribution in [0.15, 0.2) is 58.5 Å². The number of fused-ring (bicyclic) bond motifs is 2. The molecule has 2 heterocycles. The Balaban J connectivity index is 0.000000121. The lowest BCUT2D eigenvalue weighted by Crippen LogP contribution is -1.89. The van der Waals surface area contributed by atoms with Crippen LogP contribution in [-0.4, -0.2) is 24.2 Å². The van der Waals surface area contributed by atoms with Gasteiger partial charge in [0.15, 0.2) is 0 Å². The van der Waals surface area contributed by atoms with Crippen LogP contribution in [0, 0.1) is 0 Å². The predicted molar refractivity (Wildman–Crippen MR) is 76.7 cm³/mol. The van der Waals surface area contributed by atoms with Crippen molar-refractivity contribution >= 4 is 24.2 Å². The van der Waals surface area contributed by atoms with Gasteiger partial charge in [0.05, 0.1) is 11.1 Å². The van der Waals surface area contributed by atoms with E-state index in [2.05, 4.69) is 9.98 Å². The molecule has 4 heteroatoms. The van der Waals surface area contributed by atoms with E-state index in [9.17, 15) is 9.59 Å². The number of hydrogen-bond donors (Lipinski definition) is 0. The van der Waals surface area contributed by atoms with Gasteiger partial charge in [-0.05, 0) is 12.1 Å². The zero-order valence-corrected chi connectivity index (χ0v) is 10.5. The molecule has 0 fully saturated rings. The van der Waals surface area contributed by atoms with E-state index in [4.69, 9.17) is 0 Å². The van der Waals surface area contributed by atoms with Crippen molar-refractivity contribution < 1.29 is 9.59 Å². The minimum absolute atomic E-state index is 0.129. The molecule has 0 unspecified atom stereocenters. The van der Waals surface area contributed by atoms with Crippen LogP contribution >= 0.6 is 0 Å². The molecule has 2 aromatic rings. The second kappa shape index (κ2) is 5.01. The summed E-state index contributed by atoms with van der Waals surface area (Å²) in [6, 6.07) is 14.8. The first-order valence-electron chi connectivity index (χ1n) is 6.10. The summed E-state index contributed by atoms with van der Waals surface area (Å²) >= 11 is 0. The quantitative estimate of drug-likeness (QED) is 0.732. The molecule has 2 aromatic carbocycles. The topological polar surface area (TPSA) is 58.9 Å². The van der Waals surface area contributed by atoms with Crippen molar-refractivity contribution in [3.8, 4) is 0 Å². The van der Waals surface area contributed by atoms with Crippen LogP contribution in [0.1, 0.15) is 31.8 Å².